The van der Waals surface area contributed by atoms with Crippen LogP contribution < -0.4 is 10.6 Å². The summed E-state index contributed by atoms with van der Waals surface area (Å²) in [7, 11) is 1.76. The van der Waals surface area contributed by atoms with Gasteiger partial charge in [-0.1, -0.05) is 12.1 Å². The van der Waals surface area contributed by atoms with E-state index in [4.69, 9.17) is 0 Å². The molecule has 5 nitrogen and oxygen atoms in total. The average molecular weight is 445 g/mol. The molecule has 1 aromatic heterocycles. The van der Waals surface area contributed by atoms with Crippen LogP contribution in [-0.4, -0.2) is 35.9 Å². The highest BCUT2D eigenvalue weighted by molar-refractivity contribution is 14.0. The van der Waals surface area contributed by atoms with E-state index in [2.05, 4.69) is 20.7 Å². The summed E-state index contributed by atoms with van der Waals surface area (Å²) in [6.07, 6.45) is 6.50. The van der Waals surface area contributed by atoms with Crippen LogP contribution in [0.4, 0.5) is 4.39 Å². The highest BCUT2D eigenvalue weighted by atomic mass is 127. The number of aryl methyl sites for hydroxylation is 2. The first-order valence-corrected chi connectivity index (χ1v) is 7.94. The topological polar surface area (TPSA) is 54.2 Å². The van der Waals surface area contributed by atoms with Crippen molar-refractivity contribution in [1.82, 2.24) is 20.4 Å². The number of nitrogens with zero attached hydrogens (tertiary/aromatic N) is 3. The summed E-state index contributed by atoms with van der Waals surface area (Å²) in [5.74, 6) is 0.620. The minimum absolute atomic E-state index is 0. The molecule has 0 bridgehead atoms. The van der Waals surface area contributed by atoms with E-state index in [1.54, 1.807) is 25.4 Å². The third-order valence-electron chi connectivity index (χ3n) is 3.46. The summed E-state index contributed by atoms with van der Waals surface area (Å²) in [6, 6.07) is 8.68. The molecular formula is C17H25FIN5. The van der Waals surface area contributed by atoms with Gasteiger partial charge in [-0.2, -0.15) is 5.10 Å². The van der Waals surface area contributed by atoms with Gasteiger partial charge in [0.25, 0.3) is 0 Å². The molecule has 2 aromatic rings. The van der Waals surface area contributed by atoms with Crippen LogP contribution in [0.15, 0.2) is 47.7 Å². The van der Waals surface area contributed by atoms with E-state index < -0.39 is 0 Å². The predicted octanol–water partition coefficient (Wildman–Crippen LogP) is 2.83. The molecule has 0 radical (unpaired) electrons. The first-order chi connectivity index (χ1) is 11.3. The maximum atomic E-state index is 13.1. The lowest BCUT2D eigenvalue weighted by atomic mass is 10.1. The second kappa shape index (κ2) is 11.8. The molecule has 0 atom stereocenters. The van der Waals surface area contributed by atoms with Gasteiger partial charge >= 0.3 is 0 Å². The Balaban J connectivity index is 0.00000288. The molecule has 0 spiro atoms. The largest absolute Gasteiger partial charge is 0.356 e. The number of hydrogen-bond acceptors (Lipinski definition) is 2. The van der Waals surface area contributed by atoms with Crippen LogP contribution in [0.1, 0.15) is 18.4 Å². The van der Waals surface area contributed by atoms with Crippen LogP contribution >= 0.6 is 24.0 Å². The predicted molar refractivity (Wildman–Crippen MR) is 106 cm³/mol. The molecule has 0 aliphatic rings. The van der Waals surface area contributed by atoms with Crippen molar-refractivity contribution in [3.05, 3.63) is 54.1 Å². The van der Waals surface area contributed by atoms with Gasteiger partial charge in [0.05, 0.1) is 0 Å². The second-order valence-corrected chi connectivity index (χ2v) is 5.28. The van der Waals surface area contributed by atoms with Crippen molar-refractivity contribution in [3.8, 4) is 0 Å². The van der Waals surface area contributed by atoms with Crippen molar-refractivity contribution in [2.75, 3.05) is 20.1 Å². The van der Waals surface area contributed by atoms with Crippen molar-refractivity contribution >= 4 is 29.9 Å². The van der Waals surface area contributed by atoms with E-state index >= 15 is 0 Å². The maximum absolute atomic E-state index is 13.1. The number of aromatic nitrogens is 2. The lowest BCUT2D eigenvalue weighted by Crippen LogP contribution is -2.38. The van der Waals surface area contributed by atoms with Crippen molar-refractivity contribution in [2.45, 2.75) is 25.8 Å². The van der Waals surface area contributed by atoms with E-state index in [1.165, 1.54) is 6.07 Å². The van der Waals surface area contributed by atoms with Crippen LogP contribution in [0.5, 0.6) is 0 Å². The molecule has 24 heavy (non-hydrogen) atoms. The molecule has 2 rings (SSSR count). The number of nitrogens with one attached hydrogen (secondary N) is 2. The molecule has 0 unspecified atom stereocenters. The van der Waals surface area contributed by atoms with Crippen molar-refractivity contribution < 1.29 is 4.39 Å². The van der Waals surface area contributed by atoms with Crippen LogP contribution in [0.2, 0.25) is 0 Å². The molecular weight excluding hydrogens is 420 g/mol. The quantitative estimate of drug-likeness (QED) is 0.285. The fourth-order valence-electron chi connectivity index (χ4n) is 2.29. The van der Waals surface area contributed by atoms with Gasteiger partial charge in [0.15, 0.2) is 5.96 Å². The summed E-state index contributed by atoms with van der Waals surface area (Å²) in [6.45, 7) is 2.52. The third kappa shape index (κ3) is 7.76. The summed E-state index contributed by atoms with van der Waals surface area (Å²) < 4.78 is 15.0. The Kier molecular flexibility index (Phi) is 10.1. The molecule has 0 aliphatic carbocycles. The zero-order valence-corrected chi connectivity index (χ0v) is 16.2. The maximum Gasteiger partial charge on any atom is 0.190 e. The number of guanidine groups is 1. The summed E-state index contributed by atoms with van der Waals surface area (Å²) in [5, 5.41) is 10.7. The van der Waals surface area contributed by atoms with Gasteiger partial charge in [-0.3, -0.25) is 9.67 Å². The molecule has 0 aliphatic heterocycles. The van der Waals surface area contributed by atoms with E-state index in [0.29, 0.717) is 0 Å². The Labute approximate surface area is 159 Å². The summed E-state index contributed by atoms with van der Waals surface area (Å²) in [4.78, 5) is 4.19. The standard InChI is InChI=1S/C17H24FN5.HI/c1-19-17(21-10-4-12-23-13-5-11-22-23)20-9-3-7-15-6-2-8-16(18)14-15;/h2,5-6,8,11,13-14H,3-4,7,9-10,12H2,1H3,(H2,19,20,21);1H. The Bertz CT molecular complexity index is 601. The SMILES string of the molecule is CN=C(NCCCc1cccc(F)c1)NCCCn1cccn1.I. The molecule has 132 valence electrons. The molecule has 1 aromatic carbocycles. The minimum atomic E-state index is -0.176. The number of aliphatic imine (C=N–C) groups is 1. The van der Waals surface area contributed by atoms with Gasteiger partial charge in [-0.05, 0) is 43.0 Å². The molecule has 1 heterocycles. The van der Waals surface area contributed by atoms with Gasteiger partial charge in [0, 0.05) is 39.1 Å². The monoisotopic (exact) mass is 445 g/mol. The van der Waals surface area contributed by atoms with E-state index in [0.717, 1.165) is 50.4 Å². The van der Waals surface area contributed by atoms with Gasteiger partial charge in [-0.15, -0.1) is 24.0 Å². The number of rotatable bonds is 8. The van der Waals surface area contributed by atoms with Crippen LogP contribution in [0, 0.1) is 5.82 Å². The Morgan fingerprint density at radius 1 is 1.21 bits per heavy atom. The Morgan fingerprint density at radius 2 is 2.00 bits per heavy atom. The molecule has 2 N–H and O–H groups in total. The van der Waals surface area contributed by atoms with E-state index in [1.807, 2.05) is 23.0 Å². The number of halogens is 2. The summed E-state index contributed by atoms with van der Waals surface area (Å²) in [5.41, 5.74) is 1.02. The van der Waals surface area contributed by atoms with E-state index in [9.17, 15) is 4.39 Å². The van der Waals surface area contributed by atoms with Crippen molar-refractivity contribution in [3.63, 3.8) is 0 Å². The third-order valence-corrected chi connectivity index (χ3v) is 3.46. The normalized spacial score (nSPS) is 11.0. The van der Waals surface area contributed by atoms with Crippen LogP contribution in [0.3, 0.4) is 0 Å². The Morgan fingerprint density at radius 3 is 2.67 bits per heavy atom. The summed E-state index contributed by atoms with van der Waals surface area (Å²) >= 11 is 0. The smallest absolute Gasteiger partial charge is 0.190 e. The number of benzene rings is 1. The number of hydrogen-bond donors (Lipinski definition) is 2. The first kappa shape index (κ1) is 20.4. The fraction of sp³-hybridized carbons (Fsp3) is 0.412. The van der Waals surface area contributed by atoms with Crippen molar-refractivity contribution in [1.29, 1.82) is 0 Å². The van der Waals surface area contributed by atoms with Gasteiger partial charge in [0.1, 0.15) is 5.82 Å². The highest BCUT2D eigenvalue weighted by Gasteiger charge is 1.99. The molecule has 0 fully saturated rings. The lowest BCUT2D eigenvalue weighted by molar-refractivity contribution is 0.570. The molecule has 0 saturated carbocycles. The lowest BCUT2D eigenvalue weighted by Gasteiger charge is -2.12. The second-order valence-electron chi connectivity index (χ2n) is 5.28. The molecule has 0 amide bonds. The zero-order chi connectivity index (χ0) is 16.3. The Hall–Kier alpha value is -1.64. The molecule has 0 saturated heterocycles. The zero-order valence-electron chi connectivity index (χ0n) is 13.9. The molecule has 7 heteroatoms. The average Bonchev–Trinajstić information content (AvgIpc) is 3.07. The van der Waals surface area contributed by atoms with Gasteiger partial charge in [-0.25, -0.2) is 4.39 Å². The van der Waals surface area contributed by atoms with Gasteiger partial charge in [0.2, 0.25) is 0 Å². The minimum Gasteiger partial charge on any atom is -0.356 e. The fourth-order valence-corrected chi connectivity index (χ4v) is 2.29. The first-order valence-electron chi connectivity index (χ1n) is 7.94. The van der Waals surface area contributed by atoms with Gasteiger partial charge < -0.3 is 10.6 Å². The van der Waals surface area contributed by atoms with Crippen LogP contribution in [-0.2, 0) is 13.0 Å². The van der Waals surface area contributed by atoms with E-state index in [-0.39, 0.29) is 29.8 Å². The van der Waals surface area contributed by atoms with Crippen molar-refractivity contribution in [2.24, 2.45) is 4.99 Å². The highest BCUT2D eigenvalue weighted by Crippen LogP contribution is 2.05. The van der Waals surface area contributed by atoms with Crippen LogP contribution in [0.25, 0.3) is 0 Å².